The van der Waals surface area contributed by atoms with Gasteiger partial charge in [-0.2, -0.15) is 19.6 Å². The second-order valence-electron chi connectivity index (χ2n) is 5.04. The van der Waals surface area contributed by atoms with Gasteiger partial charge in [-0.15, -0.1) is 0 Å². The summed E-state index contributed by atoms with van der Waals surface area (Å²) in [6, 6.07) is 0.981. The molecule has 0 N–H and O–H groups in total. The van der Waals surface area contributed by atoms with Gasteiger partial charge in [0.15, 0.2) is 0 Å². The van der Waals surface area contributed by atoms with Gasteiger partial charge in [-0.05, 0) is 0 Å². The monoisotopic (exact) mass is 355 g/mol. The first kappa shape index (κ1) is 16.2. The predicted molar refractivity (Wildman–Crippen MR) is 79.1 cm³/mol. The third kappa shape index (κ3) is 2.46. The molecule has 0 aliphatic heterocycles. The van der Waals surface area contributed by atoms with Gasteiger partial charge in [-0.1, -0.05) is 11.6 Å². The van der Waals surface area contributed by atoms with Crippen molar-refractivity contribution in [3.8, 4) is 11.1 Å². The summed E-state index contributed by atoms with van der Waals surface area (Å²) in [5.41, 5.74) is -1.24. The highest BCUT2D eigenvalue weighted by Gasteiger charge is 2.28. The molecular formula is C14H9ClF3N5O. The van der Waals surface area contributed by atoms with Crippen LogP contribution in [0.25, 0.3) is 16.9 Å². The molecule has 0 atom stereocenters. The number of aromatic nitrogens is 4. The molecule has 0 saturated carbocycles. The Bertz CT molecular complexity index is 949. The second kappa shape index (κ2) is 5.75. The molecule has 0 aliphatic rings. The van der Waals surface area contributed by atoms with Crippen LogP contribution in [0.5, 0.6) is 0 Å². The number of benzene rings is 1. The van der Waals surface area contributed by atoms with Crippen molar-refractivity contribution in [3.05, 3.63) is 46.8 Å². The van der Waals surface area contributed by atoms with Crippen molar-refractivity contribution in [1.82, 2.24) is 24.5 Å². The van der Waals surface area contributed by atoms with Gasteiger partial charge >= 0.3 is 0 Å². The normalized spacial score (nSPS) is 11.1. The highest BCUT2D eigenvalue weighted by molar-refractivity contribution is 6.33. The third-order valence-corrected chi connectivity index (χ3v) is 3.52. The molecule has 2 aromatic heterocycles. The molecule has 0 aliphatic carbocycles. The second-order valence-corrected chi connectivity index (χ2v) is 5.40. The zero-order chi connectivity index (χ0) is 17.6. The minimum Gasteiger partial charge on any atom is -0.343 e. The minimum absolute atomic E-state index is 0.0168. The van der Waals surface area contributed by atoms with E-state index in [1.165, 1.54) is 19.0 Å². The standard InChI is InChI=1S/C14H9ClF3N5O/c1-22(2)13(24)11-10(9-7(17)3-6(16)4-8(9)18)12(15)21-14-19-5-20-23(11)14/h3-5H,1-2H3. The van der Waals surface area contributed by atoms with E-state index in [9.17, 15) is 18.0 Å². The summed E-state index contributed by atoms with van der Waals surface area (Å²) in [4.78, 5) is 21.4. The van der Waals surface area contributed by atoms with Crippen LogP contribution in [0.2, 0.25) is 5.15 Å². The fourth-order valence-corrected chi connectivity index (χ4v) is 2.49. The summed E-state index contributed by atoms with van der Waals surface area (Å²) in [5.74, 6) is -4.18. The van der Waals surface area contributed by atoms with Crippen LogP contribution in [0, 0.1) is 17.5 Å². The average molecular weight is 356 g/mol. The molecule has 0 fully saturated rings. The molecule has 0 unspecified atom stereocenters. The first-order valence-electron chi connectivity index (χ1n) is 6.57. The summed E-state index contributed by atoms with van der Waals surface area (Å²) < 4.78 is 42.6. The Balaban J connectivity index is 2.46. The van der Waals surface area contributed by atoms with E-state index in [2.05, 4.69) is 15.1 Å². The molecule has 1 amide bonds. The average Bonchev–Trinajstić information content (AvgIpc) is 2.93. The van der Waals surface area contributed by atoms with Crippen molar-refractivity contribution in [3.63, 3.8) is 0 Å². The number of fused-ring (bicyclic) bond motifs is 1. The highest BCUT2D eigenvalue weighted by atomic mass is 35.5. The van der Waals surface area contributed by atoms with Gasteiger partial charge in [0.05, 0.1) is 11.1 Å². The fraction of sp³-hybridized carbons (Fsp3) is 0.143. The fourth-order valence-electron chi connectivity index (χ4n) is 2.23. The largest absolute Gasteiger partial charge is 0.343 e. The summed E-state index contributed by atoms with van der Waals surface area (Å²) >= 11 is 6.04. The summed E-state index contributed by atoms with van der Waals surface area (Å²) in [5, 5.41) is 3.49. The number of rotatable bonds is 2. The van der Waals surface area contributed by atoms with Crippen molar-refractivity contribution < 1.29 is 18.0 Å². The molecule has 0 bridgehead atoms. The lowest BCUT2D eigenvalue weighted by Crippen LogP contribution is -2.26. The molecule has 124 valence electrons. The number of hydrogen-bond donors (Lipinski definition) is 0. The number of halogens is 4. The van der Waals surface area contributed by atoms with E-state index in [1.807, 2.05) is 0 Å². The van der Waals surface area contributed by atoms with Gasteiger partial charge in [0, 0.05) is 26.2 Å². The predicted octanol–water partition coefficient (Wildman–Crippen LogP) is 2.56. The first-order valence-corrected chi connectivity index (χ1v) is 6.95. The molecule has 10 heteroatoms. The number of carbonyl (C=O) groups excluding carboxylic acids is 1. The van der Waals surface area contributed by atoms with Gasteiger partial charge in [0.2, 0.25) is 0 Å². The maximum absolute atomic E-state index is 14.2. The van der Waals surface area contributed by atoms with Crippen molar-refractivity contribution in [2.24, 2.45) is 0 Å². The van der Waals surface area contributed by atoms with E-state index >= 15 is 0 Å². The van der Waals surface area contributed by atoms with Crippen LogP contribution in [-0.4, -0.2) is 44.5 Å². The number of amides is 1. The Kier molecular flexibility index (Phi) is 3.88. The smallest absolute Gasteiger partial charge is 0.272 e. The van der Waals surface area contributed by atoms with E-state index in [1.54, 1.807) is 0 Å². The summed E-state index contributed by atoms with van der Waals surface area (Å²) in [6.45, 7) is 0. The number of nitrogens with zero attached hydrogens (tertiary/aromatic N) is 5. The Morgan fingerprint density at radius 2 is 1.79 bits per heavy atom. The SMILES string of the molecule is CN(C)C(=O)c1c(-c2c(F)cc(F)cc2F)c(Cl)nc2ncnn12. The zero-order valence-corrected chi connectivity index (χ0v) is 13.1. The Morgan fingerprint density at radius 3 is 2.38 bits per heavy atom. The van der Waals surface area contributed by atoms with Crippen LogP contribution in [0.3, 0.4) is 0 Å². The van der Waals surface area contributed by atoms with Crippen LogP contribution < -0.4 is 0 Å². The van der Waals surface area contributed by atoms with E-state index in [0.717, 1.165) is 10.8 Å². The van der Waals surface area contributed by atoms with Gasteiger partial charge in [0.25, 0.3) is 11.7 Å². The Morgan fingerprint density at radius 1 is 1.17 bits per heavy atom. The van der Waals surface area contributed by atoms with Crippen molar-refractivity contribution in [2.45, 2.75) is 0 Å². The molecule has 0 spiro atoms. The summed E-state index contributed by atoms with van der Waals surface area (Å²) in [7, 11) is 2.89. The van der Waals surface area contributed by atoms with E-state index in [-0.39, 0.29) is 22.2 Å². The number of hydrogen-bond acceptors (Lipinski definition) is 4. The van der Waals surface area contributed by atoms with Crippen LogP contribution in [-0.2, 0) is 0 Å². The molecule has 3 rings (SSSR count). The molecule has 6 nitrogen and oxygen atoms in total. The van der Waals surface area contributed by atoms with E-state index in [4.69, 9.17) is 11.6 Å². The van der Waals surface area contributed by atoms with Crippen LogP contribution in [0.1, 0.15) is 10.5 Å². The zero-order valence-electron chi connectivity index (χ0n) is 12.4. The Hall–Kier alpha value is -2.68. The topological polar surface area (TPSA) is 63.4 Å². The highest BCUT2D eigenvalue weighted by Crippen LogP contribution is 2.35. The first-order chi connectivity index (χ1) is 11.3. The molecule has 3 aromatic rings. The van der Waals surface area contributed by atoms with Gasteiger partial charge in [-0.25, -0.2) is 13.2 Å². The van der Waals surface area contributed by atoms with E-state index < -0.39 is 28.9 Å². The molecule has 24 heavy (non-hydrogen) atoms. The van der Waals surface area contributed by atoms with Crippen molar-refractivity contribution in [2.75, 3.05) is 14.1 Å². The van der Waals surface area contributed by atoms with Crippen LogP contribution >= 0.6 is 11.6 Å². The molecular weight excluding hydrogens is 347 g/mol. The maximum Gasteiger partial charge on any atom is 0.272 e. The van der Waals surface area contributed by atoms with Gasteiger partial charge in [-0.3, -0.25) is 4.79 Å². The van der Waals surface area contributed by atoms with Crippen molar-refractivity contribution >= 4 is 23.3 Å². The molecule has 0 radical (unpaired) electrons. The maximum atomic E-state index is 14.2. The van der Waals surface area contributed by atoms with Gasteiger partial charge < -0.3 is 4.90 Å². The third-order valence-electron chi connectivity index (χ3n) is 3.25. The molecule has 0 saturated heterocycles. The quantitative estimate of drug-likeness (QED) is 0.663. The lowest BCUT2D eigenvalue weighted by molar-refractivity contribution is 0.0820. The minimum atomic E-state index is -1.22. The lowest BCUT2D eigenvalue weighted by Gasteiger charge is -2.16. The van der Waals surface area contributed by atoms with E-state index in [0.29, 0.717) is 12.1 Å². The molecule has 1 aromatic carbocycles. The van der Waals surface area contributed by atoms with Gasteiger partial charge in [0.1, 0.15) is 34.6 Å². The number of carbonyl (C=O) groups is 1. The van der Waals surface area contributed by atoms with Crippen LogP contribution in [0.15, 0.2) is 18.5 Å². The van der Waals surface area contributed by atoms with Crippen molar-refractivity contribution in [1.29, 1.82) is 0 Å². The Labute approximate surface area is 138 Å². The van der Waals surface area contributed by atoms with Crippen LogP contribution in [0.4, 0.5) is 13.2 Å². The molecule has 2 heterocycles. The lowest BCUT2D eigenvalue weighted by atomic mass is 10.0. The summed E-state index contributed by atoms with van der Waals surface area (Å²) in [6.07, 6.45) is 1.12.